The van der Waals surface area contributed by atoms with Crippen molar-refractivity contribution in [3.05, 3.63) is 11.7 Å². The Labute approximate surface area is 76.5 Å². The standard InChI is InChI=1S/C8H13N3O2/c1-5(2)9-8(12)4-7-10-6(3)13-11-7/h5H,4H2,1-3H3,(H,9,12). The predicted octanol–water partition coefficient (Wildman–Crippen LogP) is 0.445. The second-order valence-corrected chi connectivity index (χ2v) is 3.13. The predicted molar refractivity (Wildman–Crippen MR) is 46.0 cm³/mol. The summed E-state index contributed by atoms with van der Waals surface area (Å²) in [5, 5.41) is 6.36. The molecule has 0 fully saturated rings. The molecule has 0 aliphatic rings. The Kier molecular flexibility index (Phi) is 3.00. The van der Waals surface area contributed by atoms with Crippen LogP contribution in [0.1, 0.15) is 25.6 Å². The Morgan fingerprint density at radius 1 is 1.62 bits per heavy atom. The van der Waals surface area contributed by atoms with Crippen LogP contribution in [0.25, 0.3) is 0 Å². The number of nitrogens with one attached hydrogen (secondary N) is 1. The highest BCUT2D eigenvalue weighted by Gasteiger charge is 2.09. The van der Waals surface area contributed by atoms with Crippen molar-refractivity contribution in [1.29, 1.82) is 0 Å². The second-order valence-electron chi connectivity index (χ2n) is 3.13. The van der Waals surface area contributed by atoms with Crippen LogP contribution in [0.4, 0.5) is 0 Å². The Hall–Kier alpha value is -1.39. The number of nitrogens with zero attached hydrogens (tertiary/aromatic N) is 2. The molecule has 0 spiro atoms. The monoisotopic (exact) mass is 183 g/mol. The summed E-state index contributed by atoms with van der Waals surface area (Å²) in [5.41, 5.74) is 0. The molecule has 1 rings (SSSR count). The SMILES string of the molecule is Cc1nc(CC(=O)NC(C)C)no1. The highest BCUT2D eigenvalue weighted by Crippen LogP contribution is 1.95. The van der Waals surface area contributed by atoms with Crippen molar-refractivity contribution in [2.75, 3.05) is 0 Å². The van der Waals surface area contributed by atoms with Crippen LogP contribution < -0.4 is 5.32 Å². The third-order valence-electron chi connectivity index (χ3n) is 1.34. The first kappa shape index (κ1) is 9.70. The first-order chi connectivity index (χ1) is 6.08. The van der Waals surface area contributed by atoms with Crippen LogP contribution in [0.5, 0.6) is 0 Å². The minimum atomic E-state index is -0.0872. The average Bonchev–Trinajstić information content (AvgIpc) is 2.33. The zero-order valence-electron chi connectivity index (χ0n) is 8.00. The van der Waals surface area contributed by atoms with Crippen molar-refractivity contribution in [2.45, 2.75) is 33.2 Å². The Morgan fingerprint density at radius 2 is 2.31 bits per heavy atom. The molecule has 5 heteroatoms. The number of aromatic nitrogens is 2. The van der Waals surface area contributed by atoms with E-state index in [0.717, 1.165) is 0 Å². The second kappa shape index (κ2) is 4.02. The summed E-state index contributed by atoms with van der Waals surface area (Å²) < 4.78 is 4.73. The molecule has 72 valence electrons. The molecule has 13 heavy (non-hydrogen) atoms. The van der Waals surface area contributed by atoms with Crippen LogP contribution in [-0.2, 0) is 11.2 Å². The maximum absolute atomic E-state index is 11.2. The minimum absolute atomic E-state index is 0.0872. The molecule has 0 aliphatic heterocycles. The molecule has 1 heterocycles. The van der Waals surface area contributed by atoms with Crippen molar-refractivity contribution in [3.8, 4) is 0 Å². The lowest BCUT2D eigenvalue weighted by atomic mass is 10.3. The fourth-order valence-electron chi connectivity index (χ4n) is 0.930. The normalized spacial score (nSPS) is 10.5. The van der Waals surface area contributed by atoms with Gasteiger partial charge in [0.2, 0.25) is 11.8 Å². The summed E-state index contributed by atoms with van der Waals surface area (Å²) >= 11 is 0. The summed E-state index contributed by atoms with van der Waals surface area (Å²) in [7, 11) is 0. The first-order valence-corrected chi connectivity index (χ1v) is 4.16. The Morgan fingerprint density at radius 3 is 2.77 bits per heavy atom. The van der Waals surface area contributed by atoms with Crippen LogP contribution in [0, 0.1) is 6.92 Å². The smallest absolute Gasteiger partial charge is 0.228 e. The fraction of sp³-hybridized carbons (Fsp3) is 0.625. The van der Waals surface area contributed by atoms with Gasteiger partial charge in [0.1, 0.15) is 0 Å². The van der Waals surface area contributed by atoms with E-state index in [-0.39, 0.29) is 18.4 Å². The average molecular weight is 183 g/mol. The maximum atomic E-state index is 11.2. The number of hydrogen-bond acceptors (Lipinski definition) is 4. The molecule has 0 aliphatic carbocycles. The van der Waals surface area contributed by atoms with Gasteiger partial charge in [-0.05, 0) is 13.8 Å². The van der Waals surface area contributed by atoms with Crippen LogP contribution in [-0.4, -0.2) is 22.1 Å². The van der Waals surface area contributed by atoms with Crippen LogP contribution in [0.3, 0.4) is 0 Å². The molecule has 5 nitrogen and oxygen atoms in total. The van der Waals surface area contributed by atoms with Gasteiger partial charge in [-0.3, -0.25) is 4.79 Å². The van der Waals surface area contributed by atoms with E-state index in [9.17, 15) is 4.79 Å². The number of hydrogen-bond donors (Lipinski definition) is 1. The molecular formula is C8H13N3O2. The molecule has 0 bridgehead atoms. The van der Waals surface area contributed by atoms with Gasteiger partial charge >= 0.3 is 0 Å². The molecule has 1 N–H and O–H groups in total. The molecular weight excluding hydrogens is 170 g/mol. The van der Waals surface area contributed by atoms with Gasteiger partial charge in [-0.15, -0.1) is 0 Å². The zero-order valence-corrected chi connectivity index (χ0v) is 8.00. The highest BCUT2D eigenvalue weighted by molar-refractivity contribution is 5.77. The van der Waals surface area contributed by atoms with Gasteiger partial charge in [-0.25, -0.2) is 0 Å². The van der Waals surface area contributed by atoms with E-state index in [0.29, 0.717) is 11.7 Å². The molecule has 0 atom stereocenters. The summed E-state index contributed by atoms with van der Waals surface area (Å²) in [4.78, 5) is 15.1. The van der Waals surface area contributed by atoms with Crippen LogP contribution in [0.15, 0.2) is 4.52 Å². The van der Waals surface area contributed by atoms with Crippen LogP contribution >= 0.6 is 0 Å². The highest BCUT2D eigenvalue weighted by atomic mass is 16.5. The molecule has 0 saturated carbocycles. The van der Waals surface area contributed by atoms with Gasteiger partial charge in [0.15, 0.2) is 5.82 Å². The number of carbonyl (C=O) groups is 1. The third kappa shape index (κ3) is 3.23. The fourth-order valence-corrected chi connectivity index (χ4v) is 0.930. The van der Waals surface area contributed by atoms with E-state index in [4.69, 9.17) is 4.52 Å². The van der Waals surface area contributed by atoms with Crippen molar-refractivity contribution in [3.63, 3.8) is 0 Å². The van der Waals surface area contributed by atoms with Gasteiger partial charge in [0, 0.05) is 13.0 Å². The van der Waals surface area contributed by atoms with E-state index in [1.54, 1.807) is 6.92 Å². The molecule has 0 aromatic carbocycles. The Bertz CT molecular complexity index is 293. The molecule has 1 amide bonds. The van der Waals surface area contributed by atoms with Crippen molar-refractivity contribution in [1.82, 2.24) is 15.5 Å². The van der Waals surface area contributed by atoms with Gasteiger partial charge in [0.25, 0.3) is 0 Å². The van der Waals surface area contributed by atoms with E-state index >= 15 is 0 Å². The molecule has 1 aromatic heterocycles. The van der Waals surface area contributed by atoms with Crippen LogP contribution in [0.2, 0.25) is 0 Å². The van der Waals surface area contributed by atoms with E-state index < -0.39 is 0 Å². The lowest BCUT2D eigenvalue weighted by Gasteiger charge is -2.05. The quantitative estimate of drug-likeness (QED) is 0.738. The molecule has 0 radical (unpaired) electrons. The maximum Gasteiger partial charge on any atom is 0.228 e. The number of carbonyl (C=O) groups excluding carboxylic acids is 1. The largest absolute Gasteiger partial charge is 0.354 e. The summed E-state index contributed by atoms with van der Waals surface area (Å²) in [6.07, 6.45) is 0.176. The number of amides is 1. The zero-order chi connectivity index (χ0) is 9.84. The van der Waals surface area contributed by atoms with Gasteiger partial charge in [-0.1, -0.05) is 5.16 Å². The van der Waals surface area contributed by atoms with Gasteiger partial charge in [-0.2, -0.15) is 4.98 Å². The topological polar surface area (TPSA) is 68.0 Å². The number of aryl methyl sites for hydroxylation is 1. The summed E-state index contributed by atoms with van der Waals surface area (Å²) in [6.45, 7) is 5.50. The molecule has 1 aromatic rings. The third-order valence-corrected chi connectivity index (χ3v) is 1.34. The van der Waals surface area contributed by atoms with Crippen molar-refractivity contribution < 1.29 is 9.32 Å². The lowest BCUT2D eigenvalue weighted by molar-refractivity contribution is -0.121. The van der Waals surface area contributed by atoms with Gasteiger partial charge < -0.3 is 9.84 Å². The number of rotatable bonds is 3. The lowest BCUT2D eigenvalue weighted by Crippen LogP contribution is -2.31. The molecule has 0 unspecified atom stereocenters. The van der Waals surface area contributed by atoms with Crippen molar-refractivity contribution >= 4 is 5.91 Å². The first-order valence-electron chi connectivity index (χ1n) is 4.16. The van der Waals surface area contributed by atoms with E-state index in [1.807, 2.05) is 13.8 Å². The summed E-state index contributed by atoms with van der Waals surface area (Å²) in [5.74, 6) is 0.818. The molecule has 0 saturated heterocycles. The van der Waals surface area contributed by atoms with Gasteiger partial charge in [0.05, 0.1) is 6.42 Å². The van der Waals surface area contributed by atoms with Crippen molar-refractivity contribution in [2.24, 2.45) is 0 Å². The van der Waals surface area contributed by atoms with E-state index in [2.05, 4.69) is 15.5 Å². The summed E-state index contributed by atoms with van der Waals surface area (Å²) in [6, 6.07) is 0.139. The van der Waals surface area contributed by atoms with E-state index in [1.165, 1.54) is 0 Å². The Balaban J connectivity index is 2.45. The minimum Gasteiger partial charge on any atom is -0.354 e.